The molecule has 1 aromatic heterocycles. The van der Waals surface area contributed by atoms with Crippen LogP contribution in [0.4, 0.5) is 4.39 Å². The largest absolute Gasteiger partial charge is 0.374 e. The van der Waals surface area contributed by atoms with Gasteiger partial charge in [0.1, 0.15) is 18.2 Å². The Labute approximate surface area is 151 Å². The van der Waals surface area contributed by atoms with Crippen LogP contribution >= 0.6 is 0 Å². The summed E-state index contributed by atoms with van der Waals surface area (Å²) in [5, 5.41) is 0. The third-order valence-corrected chi connectivity index (χ3v) is 5.01. The maximum Gasteiger partial charge on any atom is 0.175 e. The van der Waals surface area contributed by atoms with E-state index in [-0.39, 0.29) is 10.7 Å². The first-order valence-corrected chi connectivity index (χ1v) is 10.0. The predicted molar refractivity (Wildman–Crippen MR) is 97.9 cm³/mol. The standard InChI is InChI=1S/C19H19FN2O3S/c1-3-25-12-17-21-18(13-4-8-15(20)9-5-13)19(22-17)14-6-10-16(11-7-14)26(2,23)24/h4-11H,3,12H2,1-2H3,(H,21,22). The lowest BCUT2D eigenvalue weighted by Gasteiger charge is -2.04. The molecule has 1 heterocycles. The number of rotatable bonds is 6. The summed E-state index contributed by atoms with van der Waals surface area (Å²) >= 11 is 0. The number of benzene rings is 2. The van der Waals surface area contributed by atoms with E-state index in [4.69, 9.17) is 4.74 Å². The van der Waals surface area contributed by atoms with Crippen LogP contribution in [0.2, 0.25) is 0 Å². The summed E-state index contributed by atoms with van der Waals surface area (Å²) < 4.78 is 42.0. The van der Waals surface area contributed by atoms with Gasteiger partial charge in [0.2, 0.25) is 0 Å². The quantitative estimate of drug-likeness (QED) is 0.712. The van der Waals surface area contributed by atoms with Crippen LogP contribution in [-0.2, 0) is 21.2 Å². The van der Waals surface area contributed by atoms with Crippen molar-refractivity contribution >= 4 is 9.84 Å². The topological polar surface area (TPSA) is 72.0 Å². The van der Waals surface area contributed by atoms with Crippen LogP contribution < -0.4 is 0 Å². The molecule has 1 N–H and O–H groups in total. The minimum atomic E-state index is -3.27. The van der Waals surface area contributed by atoms with E-state index >= 15 is 0 Å². The van der Waals surface area contributed by atoms with E-state index in [0.717, 1.165) is 16.8 Å². The molecule has 5 nitrogen and oxygen atoms in total. The van der Waals surface area contributed by atoms with Crippen LogP contribution in [0.3, 0.4) is 0 Å². The second-order valence-electron chi connectivity index (χ2n) is 5.85. The highest BCUT2D eigenvalue weighted by Gasteiger charge is 2.15. The van der Waals surface area contributed by atoms with Crippen LogP contribution in [0.25, 0.3) is 22.5 Å². The van der Waals surface area contributed by atoms with E-state index in [1.807, 2.05) is 6.92 Å². The monoisotopic (exact) mass is 374 g/mol. The van der Waals surface area contributed by atoms with Gasteiger partial charge in [0.05, 0.1) is 16.3 Å². The summed E-state index contributed by atoms with van der Waals surface area (Å²) in [5.74, 6) is 0.329. The Balaban J connectivity index is 2.06. The summed E-state index contributed by atoms with van der Waals surface area (Å²) in [7, 11) is -3.27. The number of sulfone groups is 1. The van der Waals surface area contributed by atoms with Crippen molar-refractivity contribution in [3.05, 3.63) is 60.2 Å². The van der Waals surface area contributed by atoms with Crippen molar-refractivity contribution < 1.29 is 17.5 Å². The number of H-pyrrole nitrogens is 1. The predicted octanol–water partition coefficient (Wildman–Crippen LogP) is 3.82. The molecule has 26 heavy (non-hydrogen) atoms. The summed E-state index contributed by atoms with van der Waals surface area (Å²) in [6.45, 7) is 2.78. The molecule has 2 aromatic carbocycles. The van der Waals surface area contributed by atoms with Gasteiger partial charge < -0.3 is 9.72 Å². The van der Waals surface area contributed by atoms with Gasteiger partial charge in [-0.3, -0.25) is 0 Å². The number of hydrogen-bond acceptors (Lipinski definition) is 4. The van der Waals surface area contributed by atoms with Gasteiger partial charge in [-0.1, -0.05) is 12.1 Å². The van der Waals surface area contributed by atoms with Gasteiger partial charge in [0.25, 0.3) is 0 Å². The van der Waals surface area contributed by atoms with Crippen molar-refractivity contribution in [2.24, 2.45) is 0 Å². The molecule has 7 heteroatoms. The summed E-state index contributed by atoms with van der Waals surface area (Å²) in [6, 6.07) is 12.6. The van der Waals surface area contributed by atoms with Gasteiger partial charge >= 0.3 is 0 Å². The maximum absolute atomic E-state index is 13.3. The van der Waals surface area contributed by atoms with Gasteiger partial charge in [-0.05, 0) is 43.3 Å². The van der Waals surface area contributed by atoms with Crippen molar-refractivity contribution in [1.29, 1.82) is 0 Å². The van der Waals surface area contributed by atoms with Crippen molar-refractivity contribution in [2.75, 3.05) is 12.9 Å². The Bertz CT molecular complexity index is 994. The van der Waals surface area contributed by atoms with E-state index < -0.39 is 9.84 Å². The smallest absolute Gasteiger partial charge is 0.175 e. The molecule has 0 atom stereocenters. The molecule has 3 aromatic rings. The lowest BCUT2D eigenvalue weighted by molar-refractivity contribution is 0.129. The van der Waals surface area contributed by atoms with E-state index in [1.165, 1.54) is 18.4 Å². The molecule has 0 amide bonds. The Morgan fingerprint density at radius 3 is 2.23 bits per heavy atom. The van der Waals surface area contributed by atoms with Crippen molar-refractivity contribution in [2.45, 2.75) is 18.4 Å². The summed E-state index contributed by atoms with van der Waals surface area (Å²) in [6.07, 6.45) is 1.17. The van der Waals surface area contributed by atoms with Gasteiger partial charge in [0.15, 0.2) is 9.84 Å². The highest BCUT2D eigenvalue weighted by Crippen LogP contribution is 2.31. The number of nitrogens with one attached hydrogen (secondary N) is 1. The van der Waals surface area contributed by atoms with E-state index in [9.17, 15) is 12.8 Å². The van der Waals surface area contributed by atoms with Gasteiger partial charge in [-0.15, -0.1) is 0 Å². The minimum Gasteiger partial charge on any atom is -0.374 e. The van der Waals surface area contributed by atoms with Crippen LogP contribution in [0.1, 0.15) is 12.7 Å². The fourth-order valence-corrected chi connectivity index (χ4v) is 3.21. The fourth-order valence-electron chi connectivity index (χ4n) is 2.58. The molecular weight excluding hydrogens is 355 g/mol. The molecule has 0 aliphatic carbocycles. The average molecular weight is 374 g/mol. The third kappa shape index (κ3) is 4.00. The molecule has 0 bridgehead atoms. The first kappa shape index (κ1) is 18.3. The second kappa shape index (κ2) is 7.39. The zero-order chi connectivity index (χ0) is 18.7. The number of hydrogen-bond donors (Lipinski definition) is 1. The molecule has 0 radical (unpaired) electrons. The molecule has 0 saturated carbocycles. The molecule has 0 saturated heterocycles. The maximum atomic E-state index is 13.3. The van der Waals surface area contributed by atoms with Crippen LogP contribution in [-0.4, -0.2) is 31.2 Å². The molecule has 3 rings (SSSR count). The molecule has 0 aliphatic heterocycles. The van der Waals surface area contributed by atoms with E-state index in [1.54, 1.807) is 36.4 Å². The molecule has 136 valence electrons. The number of ether oxygens (including phenoxy) is 1. The second-order valence-corrected chi connectivity index (χ2v) is 7.86. The van der Waals surface area contributed by atoms with Gasteiger partial charge in [-0.2, -0.15) is 0 Å². The molecule has 0 fully saturated rings. The number of aromatic nitrogens is 2. The zero-order valence-electron chi connectivity index (χ0n) is 14.5. The Morgan fingerprint density at radius 1 is 1.04 bits per heavy atom. The summed E-state index contributed by atoms with van der Waals surface area (Å²) in [5.41, 5.74) is 2.93. The Hall–Kier alpha value is -2.51. The lowest BCUT2D eigenvalue weighted by atomic mass is 10.1. The van der Waals surface area contributed by atoms with Gasteiger partial charge in [-0.25, -0.2) is 17.8 Å². The number of nitrogens with zero attached hydrogens (tertiary/aromatic N) is 1. The molecule has 0 aliphatic rings. The lowest BCUT2D eigenvalue weighted by Crippen LogP contribution is -1.96. The van der Waals surface area contributed by atoms with Crippen LogP contribution in [0.15, 0.2) is 53.4 Å². The van der Waals surface area contributed by atoms with E-state index in [0.29, 0.717) is 24.7 Å². The normalized spacial score (nSPS) is 11.7. The first-order valence-electron chi connectivity index (χ1n) is 8.11. The number of aromatic amines is 1. The first-order chi connectivity index (χ1) is 12.4. The average Bonchev–Trinajstić information content (AvgIpc) is 3.04. The van der Waals surface area contributed by atoms with Crippen LogP contribution in [0.5, 0.6) is 0 Å². The van der Waals surface area contributed by atoms with Crippen molar-refractivity contribution in [1.82, 2.24) is 9.97 Å². The highest BCUT2D eigenvalue weighted by atomic mass is 32.2. The van der Waals surface area contributed by atoms with Crippen molar-refractivity contribution in [3.63, 3.8) is 0 Å². The molecule has 0 spiro atoms. The third-order valence-electron chi connectivity index (χ3n) is 3.88. The van der Waals surface area contributed by atoms with E-state index in [2.05, 4.69) is 9.97 Å². The minimum absolute atomic E-state index is 0.245. The SMILES string of the molecule is CCOCc1nc(-c2ccc(S(C)(=O)=O)cc2)c(-c2ccc(F)cc2)[nH]1. The Kier molecular flexibility index (Phi) is 5.20. The van der Waals surface area contributed by atoms with Crippen LogP contribution in [0, 0.1) is 5.82 Å². The zero-order valence-corrected chi connectivity index (χ0v) is 15.3. The Morgan fingerprint density at radius 2 is 1.65 bits per heavy atom. The number of halogens is 1. The van der Waals surface area contributed by atoms with Gasteiger partial charge in [0, 0.05) is 24.0 Å². The fraction of sp³-hybridized carbons (Fsp3) is 0.211. The molecule has 0 unspecified atom stereocenters. The highest BCUT2D eigenvalue weighted by molar-refractivity contribution is 7.90. The summed E-state index contributed by atoms with van der Waals surface area (Å²) in [4.78, 5) is 8.05. The van der Waals surface area contributed by atoms with Crippen molar-refractivity contribution in [3.8, 4) is 22.5 Å². The molecular formula is C19H19FN2O3S. The number of imidazole rings is 1.